The van der Waals surface area contributed by atoms with Gasteiger partial charge in [0.15, 0.2) is 0 Å². The van der Waals surface area contributed by atoms with Gasteiger partial charge in [0, 0.05) is 30.0 Å². The number of halogens is 1. The second-order valence-electron chi connectivity index (χ2n) is 7.53. The average Bonchev–Trinajstić information content (AvgIpc) is 3.11. The molecule has 3 aromatic rings. The summed E-state index contributed by atoms with van der Waals surface area (Å²) >= 11 is 3.44. The number of benzene rings is 2. The third-order valence-electron chi connectivity index (χ3n) is 5.53. The fraction of sp³-hybridized carbons (Fsp3) is 0.348. The number of aromatic nitrogens is 2. The molecular weight excluding hydrogens is 430 g/mol. The summed E-state index contributed by atoms with van der Waals surface area (Å²) in [6, 6.07) is 17.8. The van der Waals surface area contributed by atoms with Crippen LogP contribution >= 0.6 is 15.9 Å². The molecule has 0 unspecified atom stereocenters. The van der Waals surface area contributed by atoms with E-state index in [0.29, 0.717) is 12.5 Å². The Labute approximate surface area is 179 Å². The Hall–Kier alpha value is -2.31. The highest BCUT2D eigenvalue weighted by Gasteiger charge is 2.20. The molecule has 1 fully saturated rings. The van der Waals surface area contributed by atoms with Gasteiger partial charge in [0.2, 0.25) is 0 Å². The van der Waals surface area contributed by atoms with Gasteiger partial charge in [-0.1, -0.05) is 34.1 Å². The first-order valence-corrected chi connectivity index (χ1v) is 10.9. The van der Waals surface area contributed by atoms with E-state index >= 15 is 0 Å². The molecule has 5 nitrogen and oxygen atoms in total. The first kappa shape index (κ1) is 20.0. The predicted octanol–water partition coefficient (Wildman–Crippen LogP) is 4.19. The third-order valence-corrected chi connectivity index (χ3v) is 6.06. The van der Waals surface area contributed by atoms with Crippen molar-refractivity contribution in [1.82, 2.24) is 14.0 Å². The van der Waals surface area contributed by atoms with Crippen LogP contribution in [-0.4, -0.2) is 40.3 Å². The molecule has 1 saturated heterocycles. The molecule has 6 heteroatoms. The number of likely N-dealkylation sites (tertiary alicyclic amines) is 1. The van der Waals surface area contributed by atoms with Gasteiger partial charge in [-0.25, -0.2) is 4.79 Å². The van der Waals surface area contributed by atoms with Crippen molar-refractivity contribution in [2.75, 3.05) is 26.2 Å². The first-order valence-electron chi connectivity index (χ1n) is 10.1. The van der Waals surface area contributed by atoms with Gasteiger partial charge >= 0.3 is 5.69 Å². The standard InChI is InChI=1S/C23H26BrN3O2/c24-20-6-8-21(9-7-20)27-15-14-26(23(27)28)18-19-10-12-25(13-11-19)16-17-29-22-4-2-1-3-5-22/h1-9,14-15,19H,10-13,16-18H2. The number of rotatable bonds is 7. The lowest BCUT2D eigenvalue weighted by Gasteiger charge is -2.31. The van der Waals surface area contributed by atoms with E-state index in [4.69, 9.17) is 4.74 Å². The molecule has 0 bridgehead atoms. The number of hydrogen-bond donors (Lipinski definition) is 0. The largest absolute Gasteiger partial charge is 0.492 e. The first-order chi connectivity index (χ1) is 14.2. The molecule has 0 radical (unpaired) electrons. The molecule has 0 spiro atoms. The van der Waals surface area contributed by atoms with Crippen LogP contribution < -0.4 is 10.4 Å². The summed E-state index contributed by atoms with van der Waals surface area (Å²) in [5, 5.41) is 0. The van der Waals surface area contributed by atoms with Crippen molar-refractivity contribution in [3.8, 4) is 11.4 Å². The van der Waals surface area contributed by atoms with Crippen molar-refractivity contribution in [3.05, 3.63) is 81.9 Å². The third kappa shape index (κ3) is 5.19. The van der Waals surface area contributed by atoms with Gasteiger partial charge in [-0.15, -0.1) is 0 Å². The van der Waals surface area contributed by atoms with E-state index in [1.54, 1.807) is 4.57 Å². The zero-order valence-corrected chi connectivity index (χ0v) is 18.0. The maximum atomic E-state index is 12.8. The zero-order valence-electron chi connectivity index (χ0n) is 16.4. The lowest BCUT2D eigenvalue weighted by Crippen LogP contribution is -2.38. The van der Waals surface area contributed by atoms with Crippen LogP contribution in [-0.2, 0) is 6.54 Å². The second kappa shape index (κ2) is 9.46. The maximum Gasteiger partial charge on any atom is 0.332 e. The smallest absolute Gasteiger partial charge is 0.332 e. The molecule has 0 aliphatic carbocycles. The van der Waals surface area contributed by atoms with Crippen molar-refractivity contribution >= 4 is 15.9 Å². The van der Waals surface area contributed by atoms with E-state index < -0.39 is 0 Å². The monoisotopic (exact) mass is 455 g/mol. The van der Waals surface area contributed by atoms with Crippen LogP contribution in [0.5, 0.6) is 5.75 Å². The van der Waals surface area contributed by atoms with Crippen LogP contribution in [0.1, 0.15) is 12.8 Å². The van der Waals surface area contributed by atoms with E-state index in [2.05, 4.69) is 20.8 Å². The van der Waals surface area contributed by atoms with Crippen LogP contribution in [0, 0.1) is 5.92 Å². The van der Waals surface area contributed by atoms with Crippen LogP contribution in [0.15, 0.2) is 76.3 Å². The van der Waals surface area contributed by atoms with Crippen LogP contribution in [0.4, 0.5) is 0 Å². The minimum absolute atomic E-state index is 0.0333. The molecule has 1 aliphatic heterocycles. The molecule has 0 saturated carbocycles. The van der Waals surface area contributed by atoms with Gasteiger partial charge in [0.25, 0.3) is 0 Å². The summed E-state index contributed by atoms with van der Waals surface area (Å²) < 4.78 is 10.4. The number of para-hydroxylation sites is 1. The van der Waals surface area contributed by atoms with E-state index in [-0.39, 0.29) is 5.69 Å². The number of hydrogen-bond acceptors (Lipinski definition) is 3. The van der Waals surface area contributed by atoms with E-state index in [9.17, 15) is 4.79 Å². The van der Waals surface area contributed by atoms with Crippen LogP contribution in [0.3, 0.4) is 0 Å². The molecular formula is C23H26BrN3O2. The Balaban J connectivity index is 1.26. The quantitative estimate of drug-likeness (QED) is 0.535. The predicted molar refractivity (Wildman–Crippen MR) is 119 cm³/mol. The molecule has 1 aromatic heterocycles. The average molecular weight is 456 g/mol. The number of nitrogens with zero attached hydrogens (tertiary/aromatic N) is 3. The van der Waals surface area contributed by atoms with Gasteiger partial charge in [0.05, 0.1) is 5.69 Å². The Kier molecular flexibility index (Phi) is 6.52. The number of piperidine rings is 1. The summed E-state index contributed by atoms with van der Waals surface area (Å²) in [7, 11) is 0. The minimum atomic E-state index is 0.0333. The molecule has 0 atom stereocenters. The molecule has 0 N–H and O–H groups in total. The summed E-state index contributed by atoms with van der Waals surface area (Å²) in [5.41, 5.74) is 0.927. The lowest BCUT2D eigenvalue weighted by atomic mass is 9.97. The topological polar surface area (TPSA) is 39.4 Å². The van der Waals surface area contributed by atoms with E-state index in [1.807, 2.05) is 71.6 Å². The summed E-state index contributed by atoms with van der Waals surface area (Å²) in [6.45, 7) is 4.57. The molecule has 0 amide bonds. The fourth-order valence-corrected chi connectivity index (χ4v) is 4.09. The molecule has 2 aromatic carbocycles. The SMILES string of the molecule is O=c1n(CC2CCN(CCOc3ccccc3)CC2)ccn1-c1ccc(Br)cc1. The van der Waals surface area contributed by atoms with Gasteiger partial charge in [-0.2, -0.15) is 0 Å². The molecule has 29 heavy (non-hydrogen) atoms. The second-order valence-corrected chi connectivity index (χ2v) is 8.44. The normalized spacial score (nSPS) is 15.5. The summed E-state index contributed by atoms with van der Waals surface area (Å²) in [5.74, 6) is 1.47. The number of ether oxygens (including phenoxy) is 1. The van der Waals surface area contributed by atoms with Crippen molar-refractivity contribution in [1.29, 1.82) is 0 Å². The van der Waals surface area contributed by atoms with Crippen LogP contribution in [0.2, 0.25) is 0 Å². The minimum Gasteiger partial charge on any atom is -0.492 e. The fourth-order valence-electron chi connectivity index (χ4n) is 3.83. The van der Waals surface area contributed by atoms with Gasteiger partial charge in [0.1, 0.15) is 12.4 Å². The molecule has 152 valence electrons. The van der Waals surface area contributed by atoms with Gasteiger partial charge in [-0.05, 0) is 68.2 Å². The summed E-state index contributed by atoms with van der Waals surface area (Å²) in [6.07, 6.45) is 5.99. The van der Waals surface area contributed by atoms with Crippen molar-refractivity contribution < 1.29 is 4.74 Å². The van der Waals surface area contributed by atoms with Gasteiger partial charge < -0.3 is 4.74 Å². The molecule has 2 heterocycles. The highest BCUT2D eigenvalue weighted by Crippen LogP contribution is 2.19. The lowest BCUT2D eigenvalue weighted by molar-refractivity contribution is 0.147. The zero-order chi connectivity index (χ0) is 20.1. The highest BCUT2D eigenvalue weighted by atomic mass is 79.9. The highest BCUT2D eigenvalue weighted by molar-refractivity contribution is 9.10. The van der Waals surface area contributed by atoms with E-state index in [1.165, 1.54) is 0 Å². The van der Waals surface area contributed by atoms with E-state index in [0.717, 1.165) is 54.9 Å². The van der Waals surface area contributed by atoms with Gasteiger partial charge in [-0.3, -0.25) is 14.0 Å². The number of imidazole rings is 1. The maximum absolute atomic E-state index is 12.8. The Morgan fingerprint density at radius 3 is 2.41 bits per heavy atom. The van der Waals surface area contributed by atoms with Crippen molar-refractivity contribution in [2.45, 2.75) is 19.4 Å². The Morgan fingerprint density at radius 1 is 0.966 bits per heavy atom. The molecule has 1 aliphatic rings. The Bertz CT molecular complexity index is 958. The molecule has 4 rings (SSSR count). The summed E-state index contributed by atoms with van der Waals surface area (Å²) in [4.78, 5) is 15.2. The van der Waals surface area contributed by atoms with Crippen LogP contribution in [0.25, 0.3) is 5.69 Å². The Morgan fingerprint density at radius 2 is 1.69 bits per heavy atom. The van der Waals surface area contributed by atoms with Crippen molar-refractivity contribution in [2.24, 2.45) is 5.92 Å². The van der Waals surface area contributed by atoms with Crippen molar-refractivity contribution in [3.63, 3.8) is 0 Å².